The molecular weight excluding hydrogens is 467 g/mol. The average molecular weight is 484 g/mol. The lowest BCUT2D eigenvalue weighted by molar-refractivity contribution is -0.115. The molecule has 0 aliphatic rings. The van der Waals surface area contributed by atoms with Crippen molar-refractivity contribution in [2.45, 2.75) is 17.1 Å². The van der Waals surface area contributed by atoms with Gasteiger partial charge in [-0.2, -0.15) is 0 Å². The minimum atomic E-state index is -0.416. The fourth-order valence-corrected chi connectivity index (χ4v) is 3.69. The number of amides is 1. The number of rotatable bonds is 5. The summed E-state index contributed by atoms with van der Waals surface area (Å²) in [6.45, 7) is 2.04. The second kappa shape index (κ2) is 10.1. The van der Waals surface area contributed by atoms with E-state index in [4.69, 9.17) is 11.6 Å². The molecule has 3 rings (SSSR count). The Morgan fingerprint density at radius 1 is 1.07 bits per heavy atom. The van der Waals surface area contributed by atoms with E-state index in [1.54, 1.807) is 24.4 Å². The van der Waals surface area contributed by atoms with Gasteiger partial charge in [0, 0.05) is 20.6 Å². The van der Waals surface area contributed by atoms with Gasteiger partial charge in [-0.1, -0.05) is 41.4 Å². The highest BCUT2D eigenvalue weighted by atomic mass is 79.9. The van der Waals surface area contributed by atoms with Gasteiger partial charge in [0.25, 0.3) is 0 Å². The van der Waals surface area contributed by atoms with Crippen LogP contribution < -0.4 is 5.32 Å². The average Bonchev–Trinajstić information content (AvgIpc) is 2.64. The van der Waals surface area contributed by atoms with Crippen molar-refractivity contribution < 1.29 is 4.79 Å². The molecule has 0 fully saturated rings. The first-order valence-corrected chi connectivity index (χ1v) is 9.97. The van der Waals surface area contributed by atoms with Crippen LogP contribution in [0.15, 0.2) is 76.2 Å². The molecule has 0 bridgehead atoms. The number of hydrogen-bond donors (Lipinski definition) is 1. The van der Waals surface area contributed by atoms with Crippen LogP contribution in [0.5, 0.6) is 0 Å². The quantitative estimate of drug-likeness (QED) is 0.410. The molecule has 3 nitrogen and oxygen atoms in total. The minimum Gasteiger partial charge on any atom is -0.309 e. The first kappa shape index (κ1) is 21.8. The predicted molar refractivity (Wildman–Crippen MR) is 119 cm³/mol. The summed E-state index contributed by atoms with van der Waals surface area (Å²) in [7, 11) is 0. The monoisotopic (exact) mass is 482 g/mol. The van der Waals surface area contributed by atoms with E-state index in [2.05, 4.69) is 26.2 Å². The molecule has 3 aromatic rings. The molecule has 0 aliphatic heterocycles. The van der Waals surface area contributed by atoms with Crippen LogP contribution in [-0.4, -0.2) is 10.9 Å². The lowest BCUT2D eigenvalue weighted by atomic mass is 10.1. The molecule has 2 aromatic carbocycles. The number of thioether (sulfide) groups is 1. The Labute approximate surface area is 182 Å². The molecule has 0 spiro atoms. The number of carbonyl (C=O) groups excluding carboxylic acids is 1. The van der Waals surface area contributed by atoms with Gasteiger partial charge in [0.05, 0.1) is 0 Å². The van der Waals surface area contributed by atoms with Gasteiger partial charge < -0.3 is 5.32 Å². The molecule has 27 heavy (non-hydrogen) atoms. The lowest BCUT2D eigenvalue weighted by Crippen LogP contribution is -2.19. The maximum absolute atomic E-state index is 12.9. The summed E-state index contributed by atoms with van der Waals surface area (Å²) in [4.78, 5) is 18.2. The number of benzene rings is 2. The summed E-state index contributed by atoms with van der Waals surface area (Å²) >= 11 is 10.8. The Morgan fingerprint density at radius 3 is 2.33 bits per heavy atom. The van der Waals surface area contributed by atoms with E-state index in [0.717, 1.165) is 14.9 Å². The van der Waals surface area contributed by atoms with E-state index in [1.807, 2.05) is 49.4 Å². The van der Waals surface area contributed by atoms with Gasteiger partial charge in [-0.3, -0.25) is 4.79 Å². The van der Waals surface area contributed by atoms with Gasteiger partial charge in [0.15, 0.2) is 0 Å². The number of aryl methyl sites for hydroxylation is 1. The van der Waals surface area contributed by atoms with Crippen molar-refractivity contribution >= 4 is 63.4 Å². The summed E-state index contributed by atoms with van der Waals surface area (Å²) in [6, 6.07) is 19.1. The van der Waals surface area contributed by atoms with Crippen LogP contribution in [0.3, 0.4) is 0 Å². The molecule has 0 radical (unpaired) electrons. The molecule has 1 heterocycles. The number of nitrogens with one attached hydrogen (secondary N) is 1. The standard InChI is InChI=1S/C20H16BrClN2OS.ClH/c1-13-2-9-17(10-3-13)26-19(14-4-7-16(22)8-5-14)20(25)24-18-11-6-15(21)12-23-18;/h2-12,19H,1H3,(H,23,24,25);1H. The number of halogens is 3. The largest absolute Gasteiger partial charge is 0.309 e. The van der Waals surface area contributed by atoms with Gasteiger partial charge in [-0.25, -0.2) is 4.98 Å². The highest BCUT2D eigenvalue weighted by Crippen LogP contribution is 2.36. The Kier molecular flexibility index (Phi) is 8.17. The number of carbonyl (C=O) groups is 1. The summed E-state index contributed by atoms with van der Waals surface area (Å²) < 4.78 is 0.860. The van der Waals surface area contributed by atoms with Crippen LogP contribution in [0.4, 0.5) is 5.82 Å². The first-order valence-electron chi connectivity index (χ1n) is 7.92. The third-order valence-electron chi connectivity index (χ3n) is 3.66. The first-order chi connectivity index (χ1) is 12.5. The molecule has 140 valence electrons. The smallest absolute Gasteiger partial charge is 0.243 e. The Balaban J connectivity index is 0.00000261. The summed E-state index contributed by atoms with van der Waals surface area (Å²) in [5, 5.41) is 3.11. The maximum atomic E-state index is 12.9. The highest BCUT2D eigenvalue weighted by molar-refractivity contribution is 9.10. The van der Waals surface area contributed by atoms with Crippen molar-refractivity contribution in [2.24, 2.45) is 0 Å². The van der Waals surface area contributed by atoms with Gasteiger partial charge >= 0.3 is 0 Å². The topological polar surface area (TPSA) is 42.0 Å². The number of hydrogen-bond acceptors (Lipinski definition) is 3. The van der Waals surface area contributed by atoms with Gasteiger partial charge in [-0.15, -0.1) is 24.2 Å². The zero-order valence-corrected chi connectivity index (χ0v) is 18.3. The Hall–Kier alpha value is -1.53. The molecule has 1 atom stereocenters. The van der Waals surface area contributed by atoms with E-state index < -0.39 is 5.25 Å². The van der Waals surface area contributed by atoms with Crippen LogP contribution in [-0.2, 0) is 4.79 Å². The molecule has 0 saturated carbocycles. The fraction of sp³-hybridized carbons (Fsp3) is 0.100. The maximum Gasteiger partial charge on any atom is 0.243 e. The fourth-order valence-electron chi connectivity index (χ4n) is 2.30. The van der Waals surface area contributed by atoms with Gasteiger partial charge in [-0.05, 0) is 64.8 Å². The molecule has 1 aromatic heterocycles. The normalized spacial score (nSPS) is 11.4. The predicted octanol–water partition coefficient (Wildman–Crippen LogP) is 6.70. The molecule has 0 aliphatic carbocycles. The second-order valence-electron chi connectivity index (χ2n) is 5.71. The molecular formula is C20H17BrCl2N2OS. The van der Waals surface area contributed by atoms with Gasteiger partial charge in [0.1, 0.15) is 11.1 Å². The SMILES string of the molecule is Cc1ccc(SC(C(=O)Nc2ccc(Br)cn2)c2ccc(Cl)cc2)cc1.Cl. The number of aromatic nitrogens is 1. The van der Waals surface area contributed by atoms with E-state index in [-0.39, 0.29) is 18.3 Å². The van der Waals surface area contributed by atoms with E-state index in [0.29, 0.717) is 10.8 Å². The minimum absolute atomic E-state index is 0. The molecule has 1 amide bonds. The van der Waals surface area contributed by atoms with Crippen LogP contribution in [0.1, 0.15) is 16.4 Å². The molecule has 1 N–H and O–H groups in total. The molecule has 1 unspecified atom stereocenters. The highest BCUT2D eigenvalue weighted by Gasteiger charge is 2.22. The summed E-state index contributed by atoms with van der Waals surface area (Å²) in [6.07, 6.45) is 1.65. The second-order valence-corrected chi connectivity index (χ2v) is 8.24. The van der Waals surface area contributed by atoms with Crippen molar-refractivity contribution in [1.82, 2.24) is 4.98 Å². The van der Waals surface area contributed by atoms with E-state index >= 15 is 0 Å². The van der Waals surface area contributed by atoms with Crippen molar-refractivity contribution in [2.75, 3.05) is 5.32 Å². The molecule has 0 saturated heterocycles. The van der Waals surface area contributed by atoms with Crippen LogP contribution in [0.25, 0.3) is 0 Å². The summed E-state index contributed by atoms with van der Waals surface area (Å²) in [5.74, 6) is 0.384. The Morgan fingerprint density at radius 2 is 1.74 bits per heavy atom. The van der Waals surface area contributed by atoms with E-state index in [1.165, 1.54) is 17.3 Å². The molecule has 7 heteroatoms. The number of nitrogens with zero attached hydrogens (tertiary/aromatic N) is 1. The third-order valence-corrected chi connectivity index (χ3v) is 5.65. The summed E-state index contributed by atoms with van der Waals surface area (Å²) in [5.41, 5.74) is 2.07. The van der Waals surface area contributed by atoms with Crippen molar-refractivity contribution in [3.05, 3.63) is 87.5 Å². The third kappa shape index (κ3) is 6.25. The van der Waals surface area contributed by atoms with E-state index in [9.17, 15) is 4.79 Å². The number of anilines is 1. The van der Waals surface area contributed by atoms with Crippen LogP contribution in [0, 0.1) is 6.92 Å². The zero-order chi connectivity index (χ0) is 18.5. The zero-order valence-electron chi connectivity index (χ0n) is 14.4. The van der Waals surface area contributed by atoms with Crippen LogP contribution >= 0.6 is 51.7 Å². The van der Waals surface area contributed by atoms with Crippen molar-refractivity contribution in [1.29, 1.82) is 0 Å². The van der Waals surface area contributed by atoms with Crippen LogP contribution in [0.2, 0.25) is 5.02 Å². The lowest BCUT2D eigenvalue weighted by Gasteiger charge is -2.17. The number of pyridine rings is 1. The van der Waals surface area contributed by atoms with Crippen molar-refractivity contribution in [3.8, 4) is 0 Å². The van der Waals surface area contributed by atoms with Gasteiger partial charge in [0.2, 0.25) is 5.91 Å². The Bertz CT molecular complexity index is 887. The van der Waals surface area contributed by atoms with Crippen molar-refractivity contribution in [3.63, 3.8) is 0 Å².